The molecule has 2 heterocycles. The minimum absolute atomic E-state index is 0.174. The van der Waals surface area contributed by atoms with Gasteiger partial charge in [0, 0.05) is 12.3 Å². The minimum Gasteiger partial charge on any atom is -0.445 e. The Labute approximate surface area is 173 Å². The third kappa shape index (κ3) is 4.18. The van der Waals surface area contributed by atoms with E-state index in [2.05, 4.69) is 27.3 Å². The topological polar surface area (TPSA) is 78.3 Å². The average Bonchev–Trinajstić information content (AvgIpc) is 3.21. The van der Waals surface area contributed by atoms with E-state index < -0.39 is 6.09 Å². The summed E-state index contributed by atoms with van der Waals surface area (Å²) in [6.07, 6.45) is 3.72. The molecule has 4 rings (SSSR count). The van der Waals surface area contributed by atoms with Gasteiger partial charge in [-0.05, 0) is 11.6 Å². The van der Waals surface area contributed by atoms with E-state index in [0.717, 1.165) is 22.0 Å². The number of hydrogen-bond donors (Lipinski definition) is 1. The van der Waals surface area contributed by atoms with Crippen LogP contribution in [0, 0.1) is 12.0 Å². The zero-order chi connectivity index (χ0) is 20.8. The molecule has 2 aromatic heterocycles. The number of benzene rings is 2. The molecule has 0 saturated carbocycles. The summed E-state index contributed by atoms with van der Waals surface area (Å²) >= 11 is 0. The SMILES string of the molecule is CC#COCCn1cnc2c(NC(=O)OCc3ccccc3)nc3ccccc3c21. The van der Waals surface area contributed by atoms with Crippen LogP contribution in [0.3, 0.4) is 0 Å². The van der Waals surface area contributed by atoms with Crippen molar-refractivity contribution in [2.75, 3.05) is 11.9 Å². The van der Waals surface area contributed by atoms with Crippen LogP contribution in [-0.2, 0) is 22.6 Å². The van der Waals surface area contributed by atoms with Gasteiger partial charge in [-0.1, -0.05) is 54.5 Å². The molecule has 0 saturated heterocycles. The van der Waals surface area contributed by atoms with Gasteiger partial charge in [0.05, 0.1) is 23.9 Å². The van der Waals surface area contributed by atoms with Gasteiger partial charge in [0.25, 0.3) is 0 Å². The van der Waals surface area contributed by atoms with Crippen LogP contribution in [0.5, 0.6) is 0 Å². The Morgan fingerprint density at radius 2 is 1.93 bits per heavy atom. The molecule has 7 nitrogen and oxygen atoms in total. The lowest BCUT2D eigenvalue weighted by molar-refractivity contribution is 0.155. The Balaban J connectivity index is 1.61. The molecule has 7 heteroatoms. The van der Waals surface area contributed by atoms with Crippen LogP contribution >= 0.6 is 0 Å². The van der Waals surface area contributed by atoms with Crippen molar-refractivity contribution in [3.63, 3.8) is 0 Å². The minimum atomic E-state index is -0.584. The second kappa shape index (κ2) is 8.97. The van der Waals surface area contributed by atoms with Crippen molar-refractivity contribution in [2.24, 2.45) is 0 Å². The highest BCUT2D eigenvalue weighted by Gasteiger charge is 2.16. The van der Waals surface area contributed by atoms with E-state index in [1.165, 1.54) is 0 Å². The molecule has 1 amide bonds. The molecule has 1 N–H and O–H groups in total. The van der Waals surface area contributed by atoms with Gasteiger partial charge in [0.15, 0.2) is 5.82 Å². The maximum Gasteiger partial charge on any atom is 0.413 e. The number of amides is 1. The van der Waals surface area contributed by atoms with Gasteiger partial charge in [-0.3, -0.25) is 5.32 Å². The van der Waals surface area contributed by atoms with E-state index in [4.69, 9.17) is 9.47 Å². The lowest BCUT2D eigenvalue weighted by Crippen LogP contribution is -2.15. The van der Waals surface area contributed by atoms with Gasteiger partial charge < -0.3 is 14.0 Å². The maximum atomic E-state index is 12.4. The van der Waals surface area contributed by atoms with Crippen molar-refractivity contribution in [1.29, 1.82) is 0 Å². The molecule has 0 aliphatic rings. The van der Waals surface area contributed by atoms with Crippen LogP contribution in [0.2, 0.25) is 0 Å². The van der Waals surface area contributed by atoms with E-state index in [0.29, 0.717) is 24.5 Å². The fourth-order valence-corrected chi connectivity index (χ4v) is 3.16. The lowest BCUT2D eigenvalue weighted by Gasteiger charge is -2.10. The molecule has 0 aliphatic carbocycles. The zero-order valence-electron chi connectivity index (χ0n) is 16.5. The standard InChI is InChI=1S/C23H20N4O3/c1-2-13-29-14-12-27-16-24-20-21(27)18-10-6-7-11-19(18)25-22(20)26-23(28)30-15-17-8-4-3-5-9-17/h3-11,16H,12,14-15H2,1H3,(H,25,26,28). The maximum absolute atomic E-state index is 12.4. The Morgan fingerprint density at radius 1 is 1.13 bits per heavy atom. The van der Waals surface area contributed by atoms with Crippen LogP contribution < -0.4 is 5.32 Å². The third-order valence-corrected chi connectivity index (χ3v) is 4.50. The van der Waals surface area contributed by atoms with Gasteiger partial charge in [-0.2, -0.15) is 0 Å². The van der Waals surface area contributed by atoms with E-state index in [1.54, 1.807) is 13.3 Å². The number of pyridine rings is 1. The van der Waals surface area contributed by atoms with Crippen LogP contribution in [0.15, 0.2) is 60.9 Å². The largest absolute Gasteiger partial charge is 0.445 e. The predicted molar refractivity (Wildman–Crippen MR) is 115 cm³/mol. The number of fused-ring (bicyclic) bond motifs is 3. The quantitative estimate of drug-likeness (QED) is 0.385. The number of hydrogen-bond acceptors (Lipinski definition) is 5. The summed E-state index contributed by atoms with van der Waals surface area (Å²) in [7, 11) is 0. The highest BCUT2D eigenvalue weighted by molar-refractivity contribution is 6.08. The number of nitrogens with one attached hydrogen (secondary N) is 1. The first-order chi connectivity index (χ1) is 14.8. The highest BCUT2D eigenvalue weighted by atomic mass is 16.5. The molecular formula is C23H20N4O3. The molecule has 0 fully saturated rings. The molecule has 4 aromatic rings. The highest BCUT2D eigenvalue weighted by Crippen LogP contribution is 2.28. The molecule has 0 atom stereocenters. The predicted octanol–water partition coefficient (Wildman–Crippen LogP) is 4.33. The summed E-state index contributed by atoms with van der Waals surface area (Å²) in [5.74, 6) is 3.06. The fourth-order valence-electron chi connectivity index (χ4n) is 3.16. The van der Waals surface area contributed by atoms with Crippen molar-refractivity contribution in [3.8, 4) is 12.0 Å². The van der Waals surface area contributed by atoms with Crippen molar-refractivity contribution in [2.45, 2.75) is 20.1 Å². The lowest BCUT2D eigenvalue weighted by atomic mass is 10.2. The van der Waals surface area contributed by atoms with E-state index in [1.807, 2.05) is 59.2 Å². The van der Waals surface area contributed by atoms with Crippen LogP contribution in [-0.4, -0.2) is 27.2 Å². The third-order valence-electron chi connectivity index (χ3n) is 4.50. The molecular weight excluding hydrogens is 380 g/mol. The van der Waals surface area contributed by atoms with Crippen molar-refractivity contribution in [3.05, 3.63) is 66.5 Å². The van der Waals surface area contributed by atoms with Crippen LogP contribution in [0.4, 0.5) is 10.6 Å². The summed E-state index contributed by atoms with van der Waals surface area (Å²) in [6, 6.07) is 17.2. The molecule has 150 valence electrons. The smallest absolute Gasteiger partial charge is 0.413 e. The number of ether oxygens (including phenoxy) is 2. The Kier molecular flexibility index (Phi) is 5.76. The normalized spacial score (nSPS) is 10.4. The molecule has 2 aromatic carbocycles. The first-order valence-electron chi connectivity index (χ1n) is 9.51. The van der Waals surface area contributed by atoms with Gasteiger partial charge >= 0.3 is 6.09 Å². The number of anilines is 1. The Bertz CT molecular complexity index is 1240. The van der Waals surface area contributed by atoms with Gasteiger partial charge in [0.1, 0.15) is 24.8 Å². The Morgan fingerprint density at radius 3 is 2.77 bits per heavy atom. The number of carbonyl (C=O) groups excluding carboxylic acids is 1. The summed E-state index contributed by atoms with van der Waals surface area (Å²) in [5.41, 5.74) is 3.11. The number of nitrogens with zero attached hydrogens (tertiary/aromatic N) is 3. The Hall–Kier alpha value is -4.05. The van der Waals surface area contributed by atoms with Crippen LogP contribution in [0.25, 0.3) is 21.9 Å². The number of para-hydroxylation sites is 1. The van der Waals surface area contributed by atoms with Crippen molar-refractivity contribution < 1.29 is 14.3 Å². The molecule has 0 aliphatic heterocycles. The number of carbonyl (C=O) groups is 1. The van der Waals surface area contributed by atoms with E-state index in [-0.39, 0.29) is 6.61 Å². The number of rotatable bonds is 6. The van der Waals surface area contributed by atoms with Crippen LogP contribution in [0.1, 0.15) is 12.5 Å². The van der Waals surface area contributed by atoms with E-state index in [9.17, 15) is 4.79 Å². The second-order valence-corrected chi connectivity index (χ2v) is 6.50. The number of imidazole rings is 1. The fraction of sp³-hybridized carbons (Fsp3) is 0.174. The molecule has 0 spiro atoms. The molecule has 0 bridgehead atoms. The second-order valence-electron chi connectivity index (χ2n) is 6.50. The first kappa shape index (κ1) is 19.3. The summed E-state index contributed by atoms with van der Waals surface area (Å²) in [5, 5.41) is 3.67. The van der Waals surface area contributed by atoms with Crippen molar-refractivity contribution >= 4 is 33.8 Å². The molecule has 30 heavy (non-hydrogen) atoms. The summed E-state index contributed by atoms with van der Waals surface area (Å²) in [4.78, 5) is 21.4. The van der Waals surface area contributed by atoms with E-state index >= 15 is 0 Å². The summed E-state index contributed by atoms with van der Waals surface area (Å²) < 4.78 is 12.6. The zero-order valence-corrected chi connectivity index (χ0v) is 16.5. The van der Waals surface area contributed by atoms with Crippen molar-refractivity contribution in [1.82, 2.24) is 14.5 Å². The summed E-state index contributed by atoms with van der Waals surface area (Å²) in [6.45, 7) is 2.89. The molecule has 0 unspecified atom stereocenters. The monoisotopic (exact) mass is 400 g/mol. The molecule has 0 radical (unpaired) electrons. The number of aromatic nitrogens is 3. The van der Waals surface area contributed by atoms with Gasteiger partial charge in [0.2, 0.25) is 0 Å². The first-order valence-corrected chi connectivity index (χ1v) is 9.51. The van der Waals surface area contributed by atoms with Gasteiger partial charge in [-0.25, -0.2) is 14.8 Å². The van der Waals surface area contributed by atoms with Gasteiger partial charge in [-0.15, -0.1) is 0 Å². The average molecular weight is 400 g/mol.